The zero-order valence-corrected chi connectivity index (χ0v) is 18.4. The largest absolute Gasteiger partial charge is 0.493 e. The quantitative estimate of drug-likeness (QED) is 0.526. The minimum atomic E-state index is -0.457. The summed E-state index contributed by atoms with van der Waals surface area (Å²) in [7, 11) is 7.72. The summed E-state index contributed by atoms with van der Waals surface area (Å²) >= 11 is 0. The normalized spacial score (nSPS) is 12.6. The van der Waals surface area contributed by atoms with E-state index in [4.69, 9.17) is 9.47 Å². The highest BCUT2D eigenvalue weighted by molar-refractivity contribution is 5.79. The lowest BCUT2D eigenvalue weighted by Gasteiger charge is -2.22. The van der Waals surface area contributed by atoms with Crippen LogP contribution in [0.4, 0.5) is 0 Å². The molecule has 0 saturated heterocycles. The maximum absolute atomic E-state index is 10.6. The first-order valence-corrected chi connectivity index (χ1v) is 10.3. The zero-order valence-electron chi connectivity index (χ0n) is 18.4. The van der Waals surface area contributed by atoms with Crippen LogP contribution < -0.4 is 9.47 Å². The number of likely N-dealkylation sites (N-methyl/N-ethyl adjacent to an activating group) is 2. The molecule has 6 heteroatoms. The Bertz CT molecular complexity index is 938. The van der Waals surface area contributed by atoms with Crippen molar-refractivity contribution in [2.45, 2.75) is 19.2 Å². The molecule has 0 aliphatic heterocycles. The van der Waals surface area contributed by atoms with E-state index < -0.39 is 6.10 Å². The van der Waals surface area contributed by atoms with Gasteiger partial charge in [0.15, 0.2) is 11.5 Å². The number of para-hydroxylation sites is 1. The van der Waals surface area contributed by atoms with Gasteiger partial charge < -0.3 is 24.0 Å². The van der Waals surface area contributed by atoms with E-state index in [1.54, 1.807) is 7.11 Å². The Morgan fingerprint density at radius 2 is 1.83 bits per heavy atom. The molecule has 1 heterocycles. The first-order valence-electron chi connectivity index (χ1n) is 10.3. The van der Waals surface area contributed by atoms with Crippen LogP contribution in [-0.4, -0.2) is 73.5 Å². The fraction of sp³-hybridized carbons (Fsp3) is 0.417. The number of fused-ring (bicyclic) bond motifs is 1. The fourth-order valence-corrected chi connectivity index (χ4v) is 3.59. The lowest BCUT2D eigenvalue weighted by molar-refractivity contribution is 0.108. The van der Waals surface area contributed by atoms with Crippen molar-refractivity contribution in [2.24, 2.45) is 0 Å². The number of rotatable bonds is 11. The number of benzene rings is 2. The molecule has 2 aromatic carbocycles. The fourth-order valence-electron chi connectivity index (χ4n) is 3.59. The lowest BCUT2D eigenvalue weighted by Crippen LogP contribution is -2.31. The average molecular weight is 412 g/mol. The molecule has 1 atom stereocenters. The van der Waals surface area contributed by atoms with Crippen molar-refractivity contribution in [3.05, 3.63) is 60.3 Å². The maximum Gasteiger partial charge on any atom is 0.161 e. The summed E-state index contributed by atoms with van der Waals surface area (Å²) in [6.45, 7) is 3.33. The summed E-state index contributed by atoms with van der Waals surface area (Å²) in [4.78, 5) is 4.20. The van der Waals surface area contributed by atoms with Gasteiger partial charge in [-0.2, -0.15) is 0 Å². The molecule has 3 aromatic rings. The second-order valence-corrected chi connectivity index (χ2v) is 8.01. The van der Waals surface area contributed by atoms with Crippen LogP contribution >= 0.6 is 0 Å². The number of nitrogens with zero attached hydrogens (tertiary/aromatic N) is 3. The number of aliphatic hydroxyl groups is 1. The average Bonchev–Trinajstić information content (AvgIpc) is 3.11. The zero-order chi connectivity index (χ0) is 21.5. The van der Waals surface area contributed by atoms with Crippen LogP contribution in [0.1, 0.15) is 5.56 Å². The second-order valence-electron chi connectivity index (χ2n) is 8.01. The van der Waals surface area contributed by atoms with Crippen molar-refractivity contribution < 1.29 is 14.6 Å². The molecule has 162 valence electrons. The van der Waals surface area contributed by atoms with Gasteiger partial charge in [-0.25, -0.2) is 0 Å². The summed E-state index contributed by atoms with van der Waals surface area (Å²) in [6.07, 6.45) is 1.58. The van der Waals surface area contributed by atoms with Gasteiger partial charge in [-0.05, 0) is 56.4 Å². The molecule has 0 spiro atoms. The number of aliphatic hydroxyl groups excluding tert-OH is 1. The Kier molecular flexibility index (Phi) is 7.74. The predicted molar refractivity (Wildman–Crippen MR) is 121 cm³/mol. The summed E-state index contributed by atoms with van der Waals surface area (Å²) in [6, 6.07) is 16.3. The van der Waals surface area contributed by atoms with Gasteiger partial charge in [-0.3, -0.25) is 4.90 Å². The third kappa shape index (κ3) is 5.98. The van der Waals surface area contributed by atoms with Crippen molar-refractivity contribution in [1.29, 1.82) is 0 Å². The molecule has 3 rings (SSSR count). The van der Waals surface area contributed by atoms with Crippen LogP contribution in [0, 0.1) is 0 Å². The van der Waals surface area contributed by atoms with Gasteiger partial charge in [-0.15, -0.1) is 0 Å². The Balaban J connectivity index is 1.55. The third-order valence-corrected chi connectivity index (χ3v) is 5.09. The topological polar surface area (TPSA) is 50.1 Å². The number of hydrogen-bond acceptors (Lipinski definition) is 5. The molecule has 1 aromatic heterocycles. The maximum atomic E-state index is 10.6. The molecule has 0 radical (unpaired) electrons. The highest BCUT2D eigenvalue weighted by Crippen LogP contribution is 2.28. The summed E-state index contributed by atoms with van der Waals surface area (Å²) in [5.41, 5.74) is 2.27. The van der Waals surface area contributed by atoms with Gasteiger partial charge in [0.05, 0.1) is 13.2 Å². The molecule has 0 aliphatic carbocycles. The monoisotopic (exact) mass is 411 g/mol. The van der Waals surface area contributed by atoms with E-state index in [0.29, 0.717) is 19.7 Å². The van der Waals surface area contributed by atoms with Crippen LogP contribution in [0.15, 0.2) is 54.7 Å². The van der Waals surface area contributed by atoms with Gasteiger partial charge in [0.25, 0.3) is 0 Å². The van der Waals surface area contributed by atoms with Crippen molar-refractivity contribution in [3.8, 4) is 11.5 Å². The molecule has 0 amide bonds. The van der Waals surface area contributed by atoms with E-state index in [-0.39, 0.29) is 0 Å². The Morgan fingerprint density at radius 3 is 2.60 bits per heavy atom. The van der Waals surface area contributed by atoms with E-state index in [2.05, 4.69) is 38.6 Å². The first-order chi connectivity index (χ1) is 14.5. The minimum Gasteiger partial charge on any atom is -0.493 e. The van der Waals surface area contributed by atoms with Crippen molar-refractivity contribution in [3.63, 3.8) is 0 Å². The summed E-state index contributed by atoms with van der Waals surface area (Å²) in [5, 5.41) is 11.8. The number of aromatic nitrogens is 1. The molecule has 0 saturated carbocycles. The van der Waals surface area contributed by atoms with Gasteiger partial charge >= 0.3 is 0 Å². The van der Waals surface area contributed by atoms with E-state index in [9.17, 15) is 5.11 Å². The van der Waals surface area contributed by atoms with E-state index in [0.717, 1.165) is 35.7 Å². The van der Waals surface area contributed by atoms with Crippen molar-refractivity contribution in [1.82, 2.24) is 14.4 Å². The minimum absolute atomic E-state index is 0.457. The van der Waals surface area contributed by atoms with E-state index >= 15 is 0 Å². The van der Waals surface area contributed by atoms with Gasteiger partial charge in [0, 0.05) is 37.9 Å². The van der Waals surface area contributed by atoms with Crippen LogP contribution in [0.25, 0.3) is 10.9 Å². The van der Waals surface area contributed by atoms with Gasteiger partial charge in [0.2, 0.25) is 0 Å². The smallest absolute Gasteiger partial charge is 0.161 e. The molecule has 6 nitrogen and oxygen atoms in total. The molecule has 30 heavy (non-hydrogen) atoms. The van der Waals surface area contributed by atoms with Crippen molar-refractivity contribution in [2.75, 3.05) is 47.9 Å². The molecule has 1 N–H and O–H groups in total. The second kappa shape index (κ2) is 10.5. The highest BCUT2D eigenvalue weighted by atomic mass is 16.5. The number of methoxy groups -OCH3 is 1. The molecule has 0 unspecified atom stereocenters. The standard InChI is InChI=1S/C24H33N3O3/c1-25(2)13-14-30-23-10-9-19(15-24(23)29-4)16-26(3)17-21(28)18-27-12-11-20-7-5-6-8-22(20)27/h5-12,15,21,28H,13-14,16-18H2,1-4H3/t21-/m1/s1. The number of ether oxygens (including phenoxy) is 2. The molecule has 0 bridgehead atoms. The van der Waals surface area contributed by atoms with E-state index in [1.165, 1.54) is 5.39 Å². The van der Waals surface area contributed by atoms with E-state index in [1.807, 2.05) is 51.6 Å². The van der Waals surface area contributed by atoms with Crippen LogP contribution in [0.3, 0.4) is 0 Å². The Labute approximate surface area is 179 Å². The number of hydrogen-bond donors (Lipinski definition) is 1. The molecular formula is C24H33N3O3. The summed E-state index contributed by atoms with van der Waals surface area (Å²) in [5.74, 6) is 1.49. The third-order valence-electron chi connectivity index (χ3n) is 5.09. The SMILES string of the molecule is COc1cc(CN(C)C[C@@H](O)Cn2ccc3ccccc32)ccc1OCCN(C)C. The lowest BCUT2D eigenvalue weighted by atomic mass is 10.2. The van der Waals surface area contributed by atoms with Gasteiger partial charge in [-0.1, -0.05) is 24.3 Å². The molecule has 0 fully saturated rings. The predicted octanol–water partition coefficient (Wildman–Crippen LogP) is 3.08. The highest BCUT2D eigenvalue weighted by Gasteiger charge is 2.13. The van der Waals surface area contributed by atoms with Crippen LogP contribution in [0.5, 0.6) is 11.5 Å². The van der Waals surface area contributed by atoms with Crippen LogP contribution in [-0.2, 0) is 13.1 Å². The van der Waals surface area contributed by atoms with Gasteiger partial charge in [0.1, 0.15) is 6.61 Å². The Hall–Kier alpha value is -2.54. The first kappa shape index (κ1) is 22.2. The van der Waals surface area contributed by atoms with Crippen molar-refractivity contribution >= 4 is 10.9 Å². The molecular weight excluding hydrogens is 378 g/mol. The van der Waals surface area contributed by atoms with Crippen LogP contribution in [0.2, 0.25) is 0 Å². The Morgan fingerprint density at radius 1 is 1.03 bits per heavy atom. The molecule has 0 aliphatic rings. The summed E-state index contributed by atoms with van der Waals surface area (Å²) < 4.78 is 13.4.